The smallest absolute Gasteiger partial charge is 0.267 e. The Balaban J connectivity index is 1.27. The minimum Gasteiger partial charge on any atom is -0.497 e. The molecule has 2 aromatic carbocycles. The second-order valence-corrected chi connectivity index (χ2v) is 7.44. The van der Waals surface area contributed by atoms with E-state index in [1.807, 2.05) is 35.2 Å². The number of piperidine rings is 1. The van der Waals surface area contributed by atoms with Gasteiger partial charge in [0.15, 0.2) is 0 Å². The van der Waals surface area contributed by atoms with E-state index >= 15 is 0 Å². The van der Waals surface area contributed by atoms with Gasteiger partial charge in [0, 0.05) is 36.1 Å². The molecular formula is C23H25N3O3. The van der Waals surface area contributed by atoms with Crippen molar-refractivity contribution in [2.24, 2.45) is 5.92 Å². The highest BCUT2D eigenvalue weighted by Gasteiger charge is 2.24. The molecule has 2 heterocycles. The van der Waals surface area contributed by atoms with Gasteiger partial charge in [0.05, 0.1) is 7.11 Å². The summed E-state index contributed by atoms with van der Waals surface area (Å²) in [6, 6.07) is 16.9. The fourth-order valence-electron chi connectivity index (χ4n) is 3.78. The molecule has 150 valence electrons. The lowest BCUT2D eigenvalue weighted by Gasteiger charge is -2.32. The van der Waals surface area contributed by atoms with Crippen LogP contribution in [0.4, 0.5) is 0 Å². The number of rotatable bonds is 5. The van der Waals surface area contributed by atoms with Crippen molar-refractivity contribution < 1.29 is 14.3 Å². The van der Waals surface area contributed by atoms with Gasteiger partial charge >= 0.3 is 0 Å². The van der Waals surface area contributed by atoms with E-state index in [9.17, 15) is 9.59 Å². The van der Waals surface area contributed by atoms with E-state index in [0.29, 0.717) is 36.8 Å². The topological polar surface area (TPSA) is 74.4 Å². The molecule has 1 fully saturated rings. The number of ether oxygens (including phenoxy) is 1. The molecule has 1 saturated heterocycles. The molecule has 0 unspecified atom stereocenters. The number of H-pyrrole nitrogens is 1. The molecular weight excluding hydrogens is 366 g/mol. The van der Waals surface area contributed by atoms with Crippen LogP contribution in [0.25, 0.3) is 10.9 Å². The highest BCUT2D eigenvalue weighted by Crippen LogP contribution is 2.20. The summed E-state index contributed by atoms with van der Waals surface area (Å²) in [6.45, 7) is 2.04. The van der Waals surface area contributed by atoms with Gasteiger partial charge in [-0.05, 0) is 55.2 Å². The van der Waals surface area contributed by atoms with Gasteiger partial charge in [0.25, 0.3) is 11.8 Å². The average molecular weight is 391 g/mol. The number of methoxy groups -OCH3 is 1. The summed E-state index contributed by atoms with van der Waals surface area (Å²) < 4.78 is 5.14. The van der Waals surface area contributed by atoms with Crippen LogP contribution in [0.1, 0.15) is 33.7 Å². The molecule has 2 amide bonds. The number of aromatic amines is 1. The van der Waals surface area contributed by atoms with E-state index in [0.717, 1.165) is 29.5 Å². The van der Waals surface area contributed by atoms with Crippen molar-refractivity contribution in [1.29, 1.82) is 0 Å². The zero-order valence-electron chi connectivity index (χ0n) is 16.5. The molecule has 0 aliphatic carbocycles. The Morgan fingerprint density at radius 3 is 2.52 bits per heavy atom. The van der Waals surface area contributed by atoms with Gasteiger partial charge in [-0.25, -0.2) is 0 Å². The first-order chi connectivity index (χ1) is 14.1. The van der Waals surface area contributed by atoms with E-state index < -0.39 is 0 Å². The standard InChI is InChI=1S/C23H25N3O3/c1-29-19-8-6-17(7-9-19)23(28)26-12-10-16(11-13-26)15-24-22(27)21-14-18-4-2-3-5-20(18)25-21/h2-9,14,16,25H,10-13,15H2,1H3,(H,24,27). The van der Waals surface area contributed by atoms with Crippen LogP contribution in [0, 0.1) is 5.92 Å². The van der Waals surface area contributed by atoms with Crippen LogP contribution in [0.5, 0.6) is 5.75 Å². The number of carbonyl (C=O) groups is 2. The van der Waals surface area contributed by atoms with Crippen LogP contribution >= 0.6 is 0 Å². The van der Waals surface area contributed by atoms with Gasteiger partial charge in [0.2, 0.25) is 0 Å². The molecule has 1 aromatic heterocycles. The van der Waals surface area contributed by atoms with Gasteiger partial charge in [0.1, 0.15) is 11.4 Å². The fraction of sp³-hybridized carbons (Fsp3) is 0.304. The lowest BCUT2D eigenvalue weighted by molar-refractivity contribution is 0.0684. The number of hydrogen-bond donors (Lipinski definition) is 2. The van der Waals surface area contributed by atoms with Crippen molar-refractivity contribution in [2.75, 3.05) is 26.7 Å². The lowest BCUT2D eigenvalue weighted by Crippen LogP contribution is -2.41. The van der Waals surface area contributed by atoms with E-state index in [1.54, 1.807) is 31.4 Å². The Labute approximate surface area is 169 Å². The maximum absolute atomic E-state index is 12.7. The summed E-state index contributed by atoms with van der Waals surface area (Å²) in [5.41, 5.74) is 2.22. The van der Waals surface area contributed by atoms with Crippen LogP contribution in [0.2, 0.25) is 0 Å². The Bertz CT molecular complexity index is 969. The number of likely N-dealkylation sites (tertiary alicyclic amines) is 1. The van der Waals surface area contributed by atoms with Gasteiger partial charge in [-0.1, -0.05) is 18.2 Å². The quantitative estimate of drug-likeness (QED) is 0.699. The first kappa shape index (κ1) is 19.1. The third kappa shape index (κ3) is 4.26. The summed E-state index contributed by atoms with van der Waals surface area (Å²) in [5.74, 6) is 1.08. The van der Waals surface area contributed by atoms with Gasteiger partial charge in [-0.3, -0.25) is 9.59 Å². The summed E-state index contributed by atoms with van der Waals surface area (Å²) in [5, 5.41) is 4.06. The van der Waals surface area contributed by atoms with Crippen molar-refractivity contribution in [3.05, 3.63) is 65.9 Å². The molecule has 0 bridgehead atoms. The van der Waals surface area contributed by atoms with Crippen LogP contribution in [0.3, 0.4) is 0 Å². The summed E-state index contributed by atoms with van der Waals surface area (Å²) >= 11 is 0. The third-order valence-electron chi connectivity index (χ3n) is 5.56. The minimum atomic E-state index is -0.0852. The molecule has 0 radical (unpaired) electrons. The van der Waals surface area contributed by atoms with Crippen molar-refractivity contribution in [3.8, 4) is 5.75 Å². The lowest BCUT2D eigenvalue weighted by atomic mass is 9.96. The first-order valence-corrected chi connectivity index (χ1v) is 9.93. The number of fused-ring (bicyclic) bond motifs is 1. The first-order valence-electron chi connectivity index (χ1n) is 9.93. The third-order valence-corrected chi connectivity index (χ3v) is 5.56. The molecule has 6 heteroatoms. The van der Waals surface area contributed by atoms with Gasteiger partial charge in [-0.2, -0.15) is 0 Å². The molecule has 4 rings (SSSR count). The van der Waals surface area contributed by atoms with Crippen LogP contribution < -0.4 is 10.1 Å². The van der Waals surface area contributed by atoms with E-state index in [4.69, 9.17) is 4.74 Å². The Hall–Kier alpha value is -3.28. The predicted molar refractivity (Wildman–Crippen MR) is 112 cm³/mol. The molecule has 2 N–H and O–H groups in total. The number of hydrogen-bond acceptors (Lipinski definition) is 3. The van der Waals surface area contributed by atoms with Crippen molar-refractivity contribution >= 4 is 22.7 Å². The number of amides is 2. The summed E-state index contributed by atoms with van der Waals surface area (Å²) in [6.07, 6.45) is 1.77. The van der Waals surface area contributed by atoms with E-state index in [-0.39, 0.29) is 11.8 Å². The SMILES string of the molecule is COc1ccc(C(=O)N2CCC(CNC(=O)c3cc4ccccc4[nH]3)CC2)cc1. The predicted octanol–water partition coefficient (Wildman–Crippen LogP) is 3.46. The molecule has 6 nitrogen and oxygen atoms in total. The number of carbonyl (C=O) groups excluding carboxylic acids is 2. The second kappa shape index (κ2) is 8.39. The molecule has 0 spiro atoms. The largest absolute Gasteiger partial charge is 0.497 e. The van der Waals surface area contributed by atoms with Crippen LogP contribution in [-0.4, -0.2) is 48.4 Å². The average Bonchev–Trinajstić information content (AvgIpc) is 3.22. The number of benzene rings is 2. The molecule has 3 aromatic rings. The maximum atomic E-state index is 12.7. The molecule has 0 atom stereocenters. The normalized spacial score (nSPS) is 14.7. The van der Waals surface area contributed by atoms with Gasteiger partial charge in [-0.15, -0.1) is 0 Å². The Morgan fingerprint density at radius 1 is 1.10 bits per heavy atom. The summed E-state index contributed by atoms with van der Waals surface area (Å²) in [4.78, 5) is 30.1. The molecule has 1 aliphatic rings. The summed E-state index contributed by atoms with van der Waals surface area (Å²) in [7, 11) is 1.61. The number of nitrogens with one attached hydrogen (secondary N) is 2. The zero-order chi connectivity index (χ0) is 20.2. The zero-order valence-corrected chi connectivity index (χ0v) is 16.5. The van der Waals surface area contributed by atoms with E-state index in [2.05, 4.69) is 10.3 Å². The Morgan fingerprint density at radius 2 is 1.83 bits per heavy atom. The second-order valence-electron chi connectivity index (χ2n) is 7.44. The maximum Gasteiger partial charge on any atom is 0.267 e. The fourth-order valence-corrected chi connectivity index (χ4v) is 3.78. The van der Waals surface area contributed by atoms with Crippen molar-refractivity contribution in [1.82, 2.24) is 15.2 Å². The molecule has 0 saturated carbocycles. The molecule has 1 aliphatic heterocycles. The highest BCUT2D eigenvalue weighted by molar-refractivity contribution is 5.98. The van der Waals surface area contributed by atoms with Crippen LogP contribution in [0.15, 0.2) is 54.6 Å². The Kier molecular flexibility index (Phi) is 5.51. The van der Waals surface area contributed by atoms with E-state index in [1.165, 1.54) is 0 Å². The minimum absolute atomic E-state index is 0.0493. The van der Waals surface area contributed by atoms with Crippen LogP contribution in [-0.2, 0) is 0 Å². The van der Waals surface area contributed by atoms with Crippen molar-refractivity contribution in [2.45, 2.75) is 12.8 Å². The highest BCUT2D eigenvalue weighted by atomic mass is 16.5. The monoisotopic (exact) mass is 391 g/mol. The number of aromatic nitrogens is 1. The van der Waals surface area contributed by atoms with Crippen molar-refractivity contribution in [3.63, 3.8) is 0 Å². The number of nitrogens with zero attached hydrogens (tertiary/aromatic N) is 1. The number of para-hydroxylation sites is 1. The molecule has 29 heavy (non-hydrogen) atoms. The van der Waals surface area contributed by atoms with Gasteiger partial charge < -0.3 is 19.9 Å².